The van der Waals surface area contributed by atoms with Gasteiger partial charge in [0.15, 0.2) is 9.84 Å². The number of amides is 1. The number of pyridine rings is 1. The van der Waals surface area contributed by atoms with Gasteiger partial charge in [0.2, 0.25) is 5.91 Å². The van der Waals surface area contributed by atoms with Gasteiger partial charge >= 0.3 is 0 Å². The van der Waals surface area contributed by atoms with E-state index < -0.39 is 9.84 Å². The highest BCUT2D eigenvalue weighted by atomic mass is 32.2. The fraction of sp³-hybridized carbons (Fsp3) is 0.294. The largest absolute Gasteiger partial charge is 0.325 e. The van der Waals surface area contributed by atoms with E-state index in [1.54, 1.807) is 24.5 Å². The van der Waals surface area contributed by atoms with Crippen LogP contribution in [-0.4, -0.2) is 44.1 Å². The van der Waals surface area contributed by atoms with Gasteiger partial charge in [-0.15, -0.1) is 0 Å². The smallest absolute Gasteiger partial charge is 0.238 e. The number of carbonyl (C=O) groups is 1. The van der Waals surface area contributed by atoms with E-state index in [2.05, 4.69) is 10.3 Å². The van der Waals surface area contributed by atoms with Gasteiger partial charge in [0.05, 0.1) is 11.4 Å². The molecular formula is C17H21N3O3S. The summed E-state index contributed by atoms with van der Waals surface area (Å²) in [6.07, 6.45) is 4.64. The van der Waals surface area contributed by atoms with Crippen molar-refractivity contribution >= 4 is 21.4 Å². The van der Waals surface area contributed by atoms with E-state index in [0.29, 0.717) is 5.69 Å². The summed E-state index contributed by atoms with van der Waals surface area (Å²) >= 11 is 0. The summed E-state index contributed by atoms with van der Waals surface area (Å²) in [6, 6.07) is 10.0. The van der Waals surface area contributed by atoms with Gasteiger partial charge in [0.25, 0.3) is 0 Å². The molecule has 0 bridgehead atoms. The maximum absolute atomic E-state index is 12.2. The minimum absolute atomic E-state index is 0.0528. The molecule has 0 aliphatic rings. The molecule has 1 amide bonds. The highest BCUT2D eigenvalue weighted by molar-refractivity contribution is 7.90. The van der Waals surface area contributed by atoms with E-state index in [0.717, 1.165) is 11.8 Å². The molecule has 1 aromatic heterocycles. The Labute approximate surface area is 142 Å². The summed E-state index contributed by atoms with van der Waals surface area (Å²) in [4.78, 5) is 18.4. The zero-order valence-electron chi connectivity index (χ0n) is 13.9. The number of hydrogen-bond donors (Lipinski definition) is 1. The molecule has 0 fully saturated rings. The topological polar surface area (TPSA) is 79.4 Å². The lowest BCUT2D eigenvalue weighted by molar-refractivity contribution is -0.117. The molecule has 1 heterocycles. The Balaban J connectivity index is 1.95. The zero-order chi connectivity index (χ0) is 17.7. The van der Waals surface area contributed by atoms with Crippen LogP contribution >= 0.6 is 0 Å². The van der Waals surface area contributed by atoms with Crippen molar-refractivity contribution in [1.29, 1.82) is 0 Å². The molecule has 1 N–H and O–H groups in total. The minimum Gasteiger partial charge on any atom is -0.325 e. The fourth-order valence-corrected chi connectivity index (χ4v) is 2.86. The quantitative estimate of drug-likeness (QED) is 0.866. The summed E-state index contributed by atoms with van der Waals surface area (Å²) in [5.41, 5.74) is 1.60. The highest BCUT2D eigenvalue weighted by Crippen LogP contribution is 2.17. The highest BCUT2D eigenvalue weighted by Gasteiger charge is 2.15. The van der Waals surface area contributed by atoms with Gasteiger partial charge in [-0.05, 0) is 49.9 Å². The van der Waals surface area contributed by atoms with Crippen LogP contribution in [0.1, 0.15) is 18.5 Å². The van der Waals surface area contributed by atoms with Crippen LogP contribution in [0.3, 0.4) is 0 Å². The van der Waals surface area contributed by atoms with Crippen molar-refractivity contribution in [2.75, 3.05) is 25.2 Å². The Bertz CT molecular complexity index is 790. The molecule has 0 saturated heterocycles. The number of likely N-dealkylation sites (N-methyl/N-ethyl adjacent to an activating group) is 1. The van der Waals surface area contributed by atoms with E-state index in [-0.39, 0.29) is 23.4 Å². The van der Waals surface area contributed by atoms with Crippen molar-refractivity contribution < 1.29 is 13.2 Å². The minimum atomic E-state index is -3.24. The zero-order valence-corrected chi connectivity index (χ0v) is 14.7. The van der Waals surface area contributed by atoms with Gasteiger partial charge in [0, 0.05) is 30.4 Å². The monoisotopic (exact) mass is 347 g/mol. The molecule has 128 valence electrons. The second-order valence-corrected chi connectivity index (χ2v) is 7.74. The fourth-order valence-electron chi connectivity index (χ4n) is 2.23. The first-order chi connectivity index (χ1) is 11.3. The number of aromatic nitrogens is 1. The maximum Gasteiger partial charge on any atom is 0.238 e. The van der Waals surface area contributed by atoms with Crippen molar-refractivity contribution in [3.8, 4) is 0 Å². The van der Waals surface area contributed by atoms with E-state index in [9.17, 15) is 13.2 Å². The second kappa shape index (κ2) is 7.55. The van der Waals surface area contributed by atoms with Crippen molar-refractivity contribution in [1.82, 2.24) is 9.88 Å². The van der Waals surface area contributed by atoms with Gasteiger partial charge in [0.1, 0.15) is 0 Å². The van der Waals surface area contributed by atoms with Crippen LogP contribution in [0.5, 0.6) is 0 Å². The van der Waals surface area contributed by atoms with E-state index in [4.69, 9.17) is 0 Å². The third kappa shape index (κ3) is 4.87. The number of carbonyl (C=O) groups excluding carboxylic acids is 1. The molecule has 0 radical (unpaired) electrons. The first-order valence-corrected chi connectivity index (χ1v) is 9.36. The maximum atomic E-state index is 12.2. The molecule has 6 nitrogen and oxygen atoms in total. The number of sulfone groups is 1. The molecule has 1 atom stereocenters. The first-order valence-electron chi connectivity index (χ1n) is 7.47. The number of benzene rings is 1. The summed E-state index contributed by atoms with van der Waals surface area (Å²) in [7, 11) is -1.37. The van der Waals surface area contributed by atoms with Crippen molar-refractivity contribution in [2.24, 2.45) is 0 Å². The van der Waals surface area contributed by atoms with Gasteiger partial charge in [-0.1, -0.05) is 6.07 Å². The number of rotatable bonds is 6. The molecule has 7 heteroatoms. The van der Waals surface area contributed by atoms with Gasteiger partial charge in [-0.2, -0.15) is 0 Å². The van der Waals surface area contributed by atoms with Crippen LogP contribution in [0.4, 0.5) is 5.69 Å². The lowest BCUT2D eigenvalue weighted by Crippen LogP contribution is -2.32. The Morgan fingerprint density at radius 3 is 2.46 bits per heavy atom. The normalized spacial score (nSPS) is 12.8. The van der Waals surface area contributed by atoms with E-state index in [1.807, 2.05) is 31.0 Å². The average Bonchev–Trinajstić information content (AvgIpc) is 2.54. The number of anilines is 1. The molecule has 2 rings (SSSR count). The number of hydrogen-bond acceptors (Lipinski definition) is 5. The lowest BCUT2D eigenvalue weighted by atomic mass is 10.1. The summed E-state index contributed by atoms with van der Waals surface area (Å²) in [6.45, 7) is 2.22. The third-order valence-corrected chi connectivity index (χ3v) is 4.92. The van der Waals surface area contributed by atoms with Gasteiger partial charge in [-0.3, -0.25) is 14.7 Å². The molecule has 0 saturated carbocycles. The molecule has 0 unspecified atom stereocenters. The van der Waals surface area contributed by atoms with Crippen molar-refractivity contribution in [3.63, 3.8) is 0 Å². The SMILES string of the molecule is C[C@@H](c1cccnc1)N(C)CC(=O)Nc1ccc(S(C)(=O)=O)cc1. The van der Waals surface area contributed by atoms with Gasteiger partial charge < -0.3 is 5.32 Å². The Hall–Kier alpha value is -2.25. The summed E-state index contributed by atoms with van der Waals surface area (Å²) < 4.78 is 22.8. The van der Waals surface area contributed by atoms with Crippen LogP contribution in [0.25, 0.3) is 0 Å². The standard InChI is InChI=1S/C17H21N3O3S/c1-13(14-5-4-10-18-11-14)20(2)12-17(21)19-15-6-8-16(9-7-15)24(3,22)23/h4-11,13H,12H2,1-3H3,(H,19,21)/t13-/m0/s1. The Morgan fingerprint density at radius 2 is 1.92 bits per heavy atom. The summed E-state index contributed by atoms with van der Waals surface area (Å²) in [5, 5.41) is 2.77. The van der Waals surface area contributed by atoms with Crippen LogP contribution in [0, 0.1) is 0 Å². The van der Waals surface area contributed by atoms with Crippen LogP contribution in [-0.2, 0) is 14.6 Å². The van der Waals surface area contributed by atoms with Crippen molar-refractivity contribution in [2.45, 2.75) is 17.9 Å². The Morgan fingerprint density at radius 1 is 1.25 bits per heavy atom. The molecule has 24 heavy (non-hydrogen) atoms. The number of nitrogens with zero attached hydrogens (tertiary/aromatic N) is 2. The first kappa shape index (κ1) is 18.1. The average molecular weight is 347 g/mol. The second-order valence-electron chi connectivity index (χ2n) is 5.72. The Kier molecular flexibility index (Phi) is 5.69. The predicted molar refractivity (Wildman–Crippen MR) is 93.5 cm³/mol. The molecule has 0 aliphatic heterocycles. The summed E-state index contributed by atoms with van der Waals surface area (Å²) in [5.74, 6) is -0.166. The van der Waals surface area contributed by atoms with Crippen LogP contribution in [0.15, 0.2) is 53.7 Å². The predicted octanol–water partition coefficient (Wildman–Crippen LogP) is 2.12. The molecule has 2 aromatic rings. The van der Waals surface area contributed by atoms with Gasteiger partial charge in [-0.25, -0.2) is 8.42 Å². The van der Waals surface area contributed by atoms with E-state index in [1.165, 1.54) is 12.1 Å². The van der Waals surface area contributed by atoms with Crippen LogP contribution in [0.2, 0.25) is 0 Å². The van der Waals surface area contributed by atoms with Crippen LogP contribution < -0.4 is 5.32 Å². The molecule has 1 aromatic carbocycles. The number of nitrogens with one attached hydrogen (secondary N) is 1. The third-order valence-electron chi connectivity index (χ3n) is 3.79. The lowest BCUT2D eigenvalue weighted by Gasteiger charge is -2.24. The molecular weight excluding hydrogens is 326 g/mol. The molecule has 0 aliphatic carbocycles. The molecule has 0 spiro atoms. The van der Waals surface area contributed by atoms with E-state index >= 15 is 0 Å². The van der Waals surface area contributed by atoms with Crippen molar-refractivity contribution in [3.05, 3.63) is 54.4 Å².